The van der Waals surface area contributed by atoms with Crippen LogP contribution in [-0.2, 0) is 4.79 Å². The Labute approximate surface area is 123 Å². The Balaban J connectivity index is 2.18. The number of primary amides is 1. The van der Waals surface area contributed by atoms with Crippen LogP contribution in [-0.4, -0.2) is 11.9 Å². The zero-order valence-electron chi connectivity index (χ0n) is 11.4. The number of nitrogens with one attached hydrogen (secondary N) is 1. The van der Waals surface area contributed by atoms with E-state index in [1.54, 1.807) is 12.1 Å². The summed E-state index contributed by atoms with van der Waals surface area (Å²) >= 11 is 5.78. The number of rotatable bonds is 4. The molecule has 0 aromatic heterocycles. The fourth-order valence-corrected chi connectivity index (χ4v) is 2.93. The normalized spacial score (nSPS) is 18.5. The average molecular weight is 299 g/mol. The summed E-state index contributed by atoms with van der Waals surface area (Å²) in [5.41, 5.74) is 5.66. The number of nitrogens with two attached hydrogens (primary N) is 1. The maximum absolute atomic E-state index is 14.1. The largest absolute Gasteiger partial charge is 0.368 e. The molecule has 0 aliphatic heterocycles. The van der Waals surface area contributed by atoms with Gasteiger partial charge in [-0.3, -0.25) is 10.1 Å². The molecule has 1 aromatic rings. The minimum atomic E-state index is -0.822. The molecule has 0 saturated heterocycles. The first-order valence-electron chi connectivity index (χ1n) is 7.09. The second kappa shape index (κ2) is 7.04. The van der Waals surface area contributed by atoms with Crippen molar-refractivity contribution in [2.45, 2.75) is 50.6 Å². The van der Waals surface area contributed by atoms with Gasteiger partial charge in [-0.15, -0.1) is 0 Å². The number of carbonyl (C=O) groups excluding carboxylic acids is 1. The van der Waals surface area contributed by atoms with Crippen LogP contribution in [0.3, 0.4) is 0 Å². The lowest BCUT2D eigenvalue weighted by Crippen LogP contribution is -2.40. The lowest BCUT2D eigenvalue weighted by atomic mass is 10.0. The highest BCUT2D eigenvalue weighted by molar-refractivity contribution is 6.30. The molecular formula is C15H20ClFN2O. The van der Waals surface area contributed by atoms with Crippen molar-refractivity contribution in [3.63, 3.8) is 0 Å². The summed E-state index contributed by atoms with van der Waals surface area (Å²) in [5.74, 6) is -1.14. The molecule has 0 spiro atoms. The van der Waals surface area contributed by atoms with Crippen molar-refractivity contribution in [1.29, 1.82) is 0 Å². The Morgan fingerprint density at radius 2 is 1.95 bits per heavy atom. The number of hydrogen-bond donors (Lipinski definition) is 2. The molecule has 5 heteroatoms. The second-order valence-corrected chi connectivity index (χ2v) is 5.74. The molecule has 3 nitrogen and oxygen atoms in total. The predicted octanol–water partition coefficient (Wildman–Crippen LogP) is 3.32. The smallest absolute Gasteiger partial charge is 0.239 e. The standard InChI is InChI=1S/C15H20ClFN2O/c16-12-9-5-8-11(13(12)17)14(15(18)20)19-10-6-3-1-2-4-7-10/h5,8-10,14,19H,1-4,6-7H2,(H2,18,20). The molecule has 1 amide bonds. The molecule has 1 atom stereocenters. The minimum Gasteiger partial charge on any atom is -0.368 e. The Morgan fingerprint density at radius 1 is 1.30 bits per heavy atom. The van der Waals surface area contributed by atoms with E-state index in [-0.39, 0.29) is 16.6 Å². The fraction of sp³-hybridized carbons (Fsp3) is 0.533. The van der Waals surface area contributed by atoms with Gasteiger partial charge in [-0.1, -0.05) is 49.4 Å². The van der Waals surface area contributed by atoms with Crippen LogP contribution in [0.4, 0.5) is 4.39 Å². The van der Waals surface area contributed by atoms with Crippen LogP contribution < -0.4 is 11.1 Å². The molecule has 0 bridgehead atoms. The highest BCUT2D eigenvalue weighted by Crippen LogP contribution is 2.26. The van der Waals surface area contributed by atoms with Crippen molar-refractivity contribution in [2.24, 2.45) is 5.73 Å². The van der Waals surface area contributed by atoms with E-state index in [2.05, 4.69) is 5.32 Å². The molecule has 2 rings (SSSR count). The van der Waals surface area contributed by atoms with Gasteiger partial charge in [-0.05, 0) is 18.9 Å². The highest BCUT2D eigenvalue weighted by Gasteiger charge is 2.25. The lowest BCUT2D eigenvalue weighted by Gasteiger charge is -2.23. The zero-order chi connectivity index (χ0) is 14.5. The molecule has 110 valence electrons. The second-order valence-electron chi connectivity index (χ2n) is 5.33. The Morgan fingerprint density at radius 3 is 2.55 bits per heavy atom. The van der Waals surface area contributed by atoms with Crippen LogP contribution >= 0.6 is 11.6 Å². The number of hydrogen-bond acceptors (Lipinski definition) is 2. The van der Waals surface area contributed by atoms with Gasteiger partial charge in [-0.25, -0.2) is 4.39 Å². The van der Waals surface area contributed by atoms with Gasteiger partial charge < -0.3 is 5.73 Å². The first-order chi connectivity index (χ1) is 9.59. The van der Waals surface area contributed by atoms with Crippen molar-refractivity contribution >= 4 is 17.5 Å². The molecule has 1 aromatic carbocycles. The summed E-state index contributed by atoms with van der Waals surface area (Å²) < 4.78 is 14.1. The molecule has 0 radical (unpaired) electrons. The molecule has 3 N–H and O–H groups in total. The highest BCUT2D eigenvalue weighted by atomic mass is 35.5. The third kappa shape index (κ3) is 3.70. The molecule has 1 saturated carbocycles. The van der Waals surface area contributed by atoms with Gasteiger partial charge in [0.15, 0.2) is 0 Å². The summed E-state index contributed by atoms with van der Waals surface area (Å²) in [6.07, 6.45) is 6.66. The first kappa shape index (κ1) is 15.3. The van der Waals surface area contributed by atoms with Gasteiger partial charge in [-0.2, -0.15) is 0 Å². The predicted molar refractivity (Wildman–Crippen MR) is 78.0 cm³/mol. The van der Waals surface area contributed by atoms with Gasteiger partial charge in [0.2, 0.25) is 5.91 Å². The monoisotopic (exact) mass is 298 g/mol. The van der Waals surface area contributed by atoms with Crippen molar-refractivity contribution in [1.82, 2.24) is 5.32 Å². The zero-order valence-corrected chi connectivity index (χ0v) is 12.1. The summed E-state index contributed by atoms with van der Waals surface area (Å²) in [7, 11) is 0. The van der Waals surface area contributed by atoms with E-state index in [1.807, 2.05) is 0 Å². The molecule has 1 fully saturated rings. The topological polar surface area (TPSA) is 55.1 Å². The molecule has 20 heavy (non-hydrogen) atoms. The van der Waals surface area contributed by atoms with Gasteiger partial charge in [0.25, 0.3) is 0 Å². The quantitative estimate of drug-likeness (QED) is 0.838. The number of halogens is 2. The summed E-state index contributed by atoms with van der Waals surface area (Å²) in [5, 5.41) is 3.22. The van der Waals surface area contributed by atoms with Gasteiger partial charge >= 0.3 is 0 Å². The van der Waals surface area contributed by atoms with Crippen molar-refractivity contribution < 1.29 is 9.18 Å². The Kier molecular flexibility index (Phi) is 5.38. The van der Waals surface area contributed by atoms with E-state index >= 15 is 0 Å². The van der Waals surface area contributed by atoms with E-state index < -0.39 is 17.8 Å². The van der Waals surface area contributed by atoms with Crippen molar-refractivity contribution in [2.75, 3.05) is 0 Å². The van der Waals surface area contributed by atoms with E-state index in [0.29, 0.717) is 0 Å². The first-order valence-corrected chi connectivity index (χ1v) is 7.46. The fourth-order valence-electron chi connectivity index (χ4n) is 2.75. The molecule has 1 aliphatic carbocycles. The number of benzene rings is 1. The van der Waals surface area contributed by atoms with Gasteiger partial charge in [0, 0.05) is 11.6 Å². The maximum Gasteiger partial charge on any atom is 0.239 e. The third-order valence-corrected chi connectivity index (χ3v) is 4.13. The third-order valence-electron chi connectivity index (χ3n) is 3.83. The number of amides is 1. The van der Waals surface area contributed by atoms with Crippen LogP contribution in [0.2, 0.25) is 5.02 Å². The van der Waals surface area contributed by atoms with E-state index in [4.69, 9.17) is 17.3 Å². The van der Waals surface area contributed by atoms with Crippen LogP contribution in [0.5, 0.6) is 0 Å². The van der Waals surface area contributed by atoms with E-state index in [1.165, 1.54) is 18.9 Å². The minimum absolute atomic E-state index is 0.0106. The summed E-state index contributed by atoms with van der Waals surface area (Å²) in [4.78, 5) is 11.7. The van der Waals surface area contributed by atoms with Gasteiger partial charge in [0.1, 0.15) is 11.9 Å². The van der Waals surface area contributed by atoms with Crippen LogP contribution in [0.25, 0.3) is 0 Å². The molecule has 1 unspecified atom stereocenters. The molecule has 0 heterocycles. The van der Waals surface area contributed by atoms with Gasteiger partial charge in [0.05, 0.1) is 5.02 Å². The molecule has 1 aliphatic rings. The van der Waals surface area contributed by atoms with Crippen molar-refractivity contribution in [3.05, 3.63) is 34.6 Å². The van der Waals surface area contributed by atoms with Crippen LogP contribution in [0, 0.1) is 5.82 Å². The molecular weight excluding hydrogens is 279 g/mol. The van der Waals surface area contributed by atoms with Crippen molar-refractivity contribution in [3.8, 4) is 0 Å². The average Bonchev–Trinajstić information content (AvgIpc) is 2.68. The summed E-state index contributed by atoms with van der Waals surface area (Å²) in [6, 6.07) is 4.03. The SMILES string of the molecule is NC(=O)C(NC1CCCCCC1)c1cccc(Cl)c1F. The summed E-state index contributed by atoms with van der Waals surface area (Å²) in [6.45, 7) is 0. The Hall–Kier alpha value is -1.13. The van der Waals surface area contributed by atoms with Crippen LogP contribution in [0.1, 0.15) is 50.1 Å². The lowest BCUT2D eigenvalue weighted by molar-refractivity contribution is -0.120. The maximum atomic E-state index is 14.1. The Bertz CT molecular complexity index is 473. The van der Waals surface area contributed by atoms with Crippen LogP contribution in [0.15, 0.2) is 18.2 Å². The van der Waals surface area contributed by atoms with E-state index in [9.17, 15) is 9.18 Å². The number of carbonyl (C=O) groups is 1. The van der Waals surface area contributed by atoms with E-state index in [0.717, 1.165) is 25.7 Å².